The van der Waals surface area contributed by atoms with E-state index in [1.165, 1.54) is 6.07 Å². The Bertz CT molecular complexity index is 375. The maximum Gasteiger partial charge on any atom is 0.416 e. The topological polar surface area (TPSA) is 29.5 Å². The third kappa shape index (κ3) is 3.36. The molecule has 2 nitrogen and oxygen atoms in total. The number of hydrogen-bond donors (Lipinski definition) is 1. The van der Waals surface area contributed by atoms with Gasteiger partial charge in [-0.3, -0.25) is 0 Å². The van der Waals surface area contributed by atoms with Crippen molar-refractivity contribution in [3.05, 3.63) is 35.2 Å². The Morgan fingerprint density at radius 2 is 2.00 bits per heavy atom. The van der Waals surface area contributed by atoms with Gasteiger partial charge < -0.3 is 9.84 Å². The highest BCUT2D eigenvalue weighted by Crippen LogP contribution is 2.35. The van der Waals surface area contributed by atoms with Gasteiger partial charge >= 0.3 is 6.18 Å². The summed E-state index contributed by atoms with van der Waals surface area (Å²) in [6.45, 7) is 3.37. The fraction of sp³-hybridized carbons (Fsp3) is 0.417. The highest BCUT2D eigenvalue weighted by molar-refractivity contribution is 5.46. The van der Waals surface area contributed by atoms with E-state index in [2.05, 4.69) is 0 Å². The lowest BCUT2D eigenvalue weighted by molar-refractivity contribution is -0.137. The molecular weight excluding hydrogens is 233 g/mol. The first-order valence-electron chi connectivity index (χ1n) is 5.17. The van der Waals surface area contributed by atoms with Gasteiger partial charge in [-0.1, -0.05) is 6.92 Å². The van der Waals surface area contributed by atoms with Gasteiger partial charge in [0.25, 0.3) is 0 Å². The molecule has 0 saturated carbocycles. The predicted molar refractivity (Wildman–Crippen MR) is 57.7 cm³/mol. The lowest BCUT2D eigenvalue weighted by atomic mass is 9.98. The van der Waals surface area contributed by atoms with Crippen LogP contribution in [-0.2, 0) is 6.18 Å². The smallest absolute Gasteiger partial charge is 0.416 e. The molecule has 0 aliphatic carbocycles. The molecule has 5 heteroatoms. The number of ether oxygens (including phenoxy) is 1. The molecule has 0 bridgehead atoms. The van der Waals surface area contributed by atoms with Gasteiger partial charge in [0.1, 0.15) is 5.75 Å². The van der Waals surface area contributed by atoms with E-state index in [1.807, 2.05) is 0 Å². The minimum Gasteiger partial charge on any atom is -0.494 e. The minimum atomic E-state index is -4.39. The molecule has 0 atom stereocenters. The summed E-state index contributed by atoms with van der Waals surface area (Å²) < 4.78 is 42.8. The van der Waals surface area contributed by atoms with Gasteiger partial charge in [0.05, 0.1) is 18.8 Å². The largest absolute Gasteiger partial charge is 0.494 e. The van der Waals surface area contributed by atoms with E-state index in [4.69, 9.17) is 9.84 Å². The maximum atomic E-state index is 12.5. The summed E-state index contributed by atoms with van der Waals surface area (Å²) in [5.41, 5.74) is -0.451. The van der Waals surface area contributed by atoms with Crippen LogP contribution >= 0.6 is 0 Å². The number of halogens is 3. The number of alkyl halides is 3. The highest BCUT2D eigenvalue weighted by Gasteiger charge is 2.31. The number of aliphatic hydroxyl groups is 1. The summed E-state index contributed by atoms with van der Waals surface area (Å²) in [6.07, 6.45) is -4.39. The Balaban J connectivity index is 3.19. The zero-order chi connectivity index (χ0) is 13.1. The van der Waals surface area contributed by atoms with Crippen molar-refractivity contribution in [1.29, 1.82) is 0 Å². The number of aliphatic hydroxyl groups excluding tert-OH is 1. The van der Waals surface area contributed by atoms with Gasteiger partial charge in [-0.15, -0.1) is 0 Å². The Morgan fingerprint density at radius 1 is 1.35 bits per heavy atom. The van der Waals surface area contributed by atoms with Gasteiger partial charge in [0.15, 0.2) is 0 Å². The van der Waals surface area contributed by atoms with Crippen molar-refractivity contribution in [3.8, 4) is 5.75 Å². The normalized spacial score (nSPS) is 11.9. The van der Waals surface area contributed by atoms with Gasteiger partial charge in [0.2, 0.25) is 0 Å². The molecule has 0 amide bonds. The van der Waals surface area contributed by atoms with Gasteiger partial charge in [-0.25, -0.2) is 0 Å². The molecule has 0 aliphatic heterocycles. The zero-order valence-corrected chi connectivity index (χ0v) is 9.64. The molecule has 95 valence electrons. The number of benzene rings is 1. The number of rotatable bonds is 4. The molecule has 0 fully saturated rings. The summed E-state index contributed by atoms with van der Waals surface area (Å²) in [6, 6.07) is 3.25. The Morgan fingerprint density at radius 3 is 2.47 bits per heavy atom. The third-order valence-electron chi connectivity index (χ3n) is 2.30. The second kappa shape index (κ2) is 5.40. The maximum absolute atomic E-state index is 12.5. The van der Waals surface area contributed by atoms with E-state index in [1.54, 1.807) is 13.8 Å². The van der Waals surface area contributed by atoms with Crippen LogP contribution in [0.3, 0.4) is 0 Å². The SMILES string of the molecule is CCOc1ccc(C(F)(F)F)cc1[C](C)CO. The Hall–Kier alpha value is -1.23. The van der Waals surface area contributed by atoms with E-state index >= 15 is 0 Å². The first-order valence-corrected chi connectivity index (χ1v) is 5.17. The average Bonchev–Trinajstić information content (AvgIpc) is 2.27. The Kier molecular flexibility index (Phi) is 4.40. The summed E-state index contributed by atoms with van der Waals surface area (Å²) in [5, 5.41) is 9.00. The van der Waals surface area contributed by atoms with Crippen LogP contribution in [0, 0.1) is 5.92 Å². The van der Waals surface area contributed by atoms with Crippen molar-refractivity contribution in [2.24, 2.45) is 0 Å². The molecule has 0 aromatic heterocycles. The van der Waals surface area contributed by atoms with Gasteiger partial charge in [-0.05, 0) is 25.1 Å². The van der Waals surface area contributed by atoms with Crippen LogP contribution in [-0.4, -0.2) is 18.3 Å². The zero-order valence-electron chi connectivity index (χ0n) is 9.64. The molecule has 0 saturated heterocycles. The fourth-order valence-corrected chi connectivity index (χ4v) is 1.41. The summed E-state index contributed by atoms with van der Waals surface area (Å²) in [4.78, 5) is 0. The van der Waals surface area contributed by atoms with Gasteiger partial charge in [0, 0.05) is 11.5 Å². The molecule has 1 rings (SSSR count). The molecule has 1 aromatic rings. The van der Waals surface area contributed by atoms with Crippen LogP contribution in [0.15, 0.2) is 18.2 Å². The first kappa shape index (κ1) is 13.8. The van der Waals surface area contributed by atoms with Crippen LogP contribution in [0.25, 0.3) is 0 Å². The molecule has 17 heavy (non-hydrogen) atoms. The van der Waals surface area contributed by atoms with Crippen molar-refractivity contribution < 1.29 is 23.0 Å². The molecule has 1 aromatic carbocycles. The minimum absolute atomic E-state index is 0.296. The third-order valence-corrected chi connectivity index (χ3v) is 2.30. The van der Waals surface area contributed by atoms with Crippen LogP contribution in [0.1, 0.15) is 25.0 Å². The second-order valence-electron chi connectivity index (χ2n) is 3.58. The number of hydrogen-bond acceptors (Lipinski definition) is 2. The lowest BCUT2D eigenvalue weighted by Gasteiger charge is -2.16. The quantitative estimate of drug-likeness (QED) is 0.886. The molecule has 0 spiro atoms. The van der Waals surface area contributed by atoms with Crippen LogP contribution in [0.2, 0.25) is 0 Å². The lowest BCUT2D eigenvalue weighted by Crippen LogP contribution is -2.10. The molecule has 0 unspecified atom stereocenters. The van der Waals surface area contributed by atoms with E-state index < -0.39 is 11.7 Å². The van der Waals surface area contributed by atoms with Gasteiger partial charge in [-0.2, -0.15) is 13.2 Å². The molecule has 0 aliphatic rings. The van der Waals surface area contributed by atoms with E-state index in [-0.39, 0.29) is 6.61 Å². The average molecular weight is 247 g/mol. The van der Waals surface area contributed by atoms with E-state index in [0.29, 0.717) is 23.8 Å². The molecule has 0 heterocycles. The highest BCUT2D eigenvalue weighted by atomic mass is 19.4. The standard InChI is InChI=1S/C12H14F3O2/c1-3-17-11-5-4-9(12(13,14)15)6-10(11)8(2)7-16/h4-6,16H,3,7H2,1-2H3. The van der Waals surface area contributed by atoms with E-state index in [9.17, 15) is 13.2 Å². The predicted octanol–water partition coefficient (Wildman–Crippen LogP) is 3.04. The first-order chi connectivity index (χ1) is 7.90. The summed E-state index contributed by atoms with van der Waals surface area (Å²) >= 11 is 0. The van der Waals surface area contributed by atoms with Crippen LogP contribution in [0.4, 0.5) is 13.2 Å². The monoisotopic (exact) mass is 247 g/mol. The van der Waals surface area contributed by atoms with E-state index in [0.717, 1.165) is 12.1 Å². The van der Waals surface area contributed by atoms with Crippen molar-refractivity contribution in [1.82, 2.24) is 0 Å². The van der Waals surface area contributed by atoms with Crippen molar-refractivity contribution in [2.75, 3.05) is 13.2 Å². The molecule has 1 N–H and O–H groups in total. The molecular formula is C12H14F3O2. The second-order valence-corrected chi connectivity index (χ2v) is 3.58. The Labute approximate surface area is 98.0 Å². The van der Waals surface area contributed by atoms with Crippen LogP contribution in [0.5, 0.6) is 5.75 Å². The van der Waals surface area contributed by atoms with Crippen LogP contribution < -0.4 is 4.74 Å². The van der Waals surface area contributed by atoms with Crippen molar-refractivity contribution >= 4 is 0 Å². The van der Waals surface area contributed by atoms with Crippen molar-refractivity contribution in [2.45, 2.75) is 20.0 Å². The fourth-order valence-electron chi connectivity index (χ4n) is 1.41. The molecule has 1 radical (unpaired) electrons. The summed E-state index contributed by atoms with van der Waals surface area (Å²) in [7, 11) is 0. The van der Waals surface area contributed by atoms with Crippen molar-refractivity contribution in [3.63, 3.8) is 0 Å². The summed E-state index contributed by atoms with van der Waals surface area (Å²) in [5.74, 6) is 0.798.